The number of guanidine groups is 1. The summed E-state index contributed by atoms with van der Waals surface area (Å²) in [6, 6.07) is 6.77. The van der Waals surface area contributed by atoms with Crippen LogP contribution in [0.2, 0.25) is 0 Å². The molecule has 1 fully saturated rings. The minimum absolute atomic E-state index is 0. The van der Waals surface area contributed by atoms with E-state index in [4.69, 9.17) is 9.47 Å². The molecule has 0 bridgehead atoms. The molecule has 1 aliphatic rings. The summed E-state index contributed by atoms with van der Waals surface area (Å²) in [6.45, 7) is 5.49. The second kappa shape index (κ2) is 14.0. The van der Waals surface area contributed by atoms with Gasteiger partial charge >= 0.3 is 6.61 Å². The van der Waals surface area contributed by atoms with E-state index in [-0.39, 0.29) is 36.3 Å². The second-order valence-corrected chi connectivity index (χ2v) is 7.19. The third kappa shape index (κ3) is 8.13. The number of nitrogens with one attached hydrogen (secondary N) is 1. The van der Waals surface area contributed by atoms with Gasteiger partial charge in [-0.15, -0.1) is 24.0 Å². The van der Waals surface area contributed by atoms with Crippen molar-refractivity contribution < 1.29 is 18.3 Å². The predicted octanol–water partition coefficient (Wildman–Crippen LogP) is 3.77. The Kier molecular flexibility index (Phi) is 11.3. The van der Waals surface area contributed by atoms with E-state index in [0.29, 0.717) is 30.4 Å². The van der Waals surface area contributed by atoms with E-state index in [9.17, 15) is 8.78 Å². The Bertz CT molecular complexity index is 867. The molecule has 1 N–H and O–H groups in total. The van der Waals surface area contributed by atoms with E-state index >= 15 is 0 Å². The lowest BCUT2D eigenvalue weighted by atomic mass is 10.2. The van der Waals surface area contributed by atoms with Crippen LogP contribution in [0.4, 0.5) is 14.7 Å². The summed E-state index contributed by atoms with van der Waals surface area (Å²) in [7, 11) is 0. The number of piperazine rings is 1. The highest BCUT2D eigenvalue weighted by molar-refractivity contribution is 14.0. The molecule has 0 atom stereocenters. The fourth-order valence-electron chi connectivity index (χ4n) is 3.34. The van der Waals surface area contributed by atoms with Gasteiger partial charge in [-0.3, -0.25) is 0 Å². The summed E-state index contributed by atoms with van der Waals surface area (Å²) in [4.78, 5) is 17.6. The molecule has 2 aromatic rings. The molecular weight excluding hydrogens is 545 g/mol. The number of hydrogen-bond donors (Lipinski definition) is 1. The Morgan fingerprint density at radius 3 is 2.52 bits per heavy atom. The van der Waals surface area contributed by atoms with Gasteiger partial charge in [0.1, 0.15) is 11.5 Å². The van der Waals surface area contributed by atoms with Crippen molar-refractivity contribution in [2.45, 2.75) is 33.4 Å². The lowest BCUT2D eigenvalue weighted by Gasteiger charge is -2.36. The molecule has 11 heteroatoms. The summed E-state index contributed by atoms with van der Waals surface area (Å²) in [5.74, 6) is 2.03. The number of halogens is 3. The third-order valence-electron chi connectivity index (χ3n) is 4.88. The molecule has 182 valence electrons. The van der Waals surface area contributed by atoms with Crippen molar-refractivity contribution in [3.8, 4) is 11.5 Å². The topological polar surface area (TPSA) is 75.1 Å². The molecule has 33 heavy (non-hydrogen) atoms. The van der Waals surface area contributed by atoms with E-state index in [1.54, 1.807) is 30.6 Å². The number of benzene rings is 1. The SMILES string of the molecule is CCCOc1ccc(CN=C(NCC)N2CCN(c3ncccn3)CC2)c(OC(F)F)c1.I. The maximum atomic E-state index is 12.9. The van der Waals surface area contributed by atoms with Crippen LogP contribution in [-0.2, 0) is 6.54 Å². The molecule has 2 heterocycles. The van der Waals surface area contributed by atoms with Crippen molar-refractivity contribution in [3.63, 3.8) is 0 Å². The van der Waals surface area contributed by atoms with Gasteiger partial charge < -0.3 is 24.6 Å². The highest BCUT2D eigenvalue weighted by Gasteiger charge is 2.21. The zero-order valence-electron chi connectivity index (χ0n) is 18.9. The van der Waals surface area contributed by atoms with Crippen LogP contribution in [0.1, 0.15) is 25.8 Å². The van der Waals surface area contributed by atoms with Gasteiger partial charge in [0.05, 0.1) is 13.2 Å². The van der Waals surface area contributed by atoms with Crippen LogP contribution < -0.4 is 19.7 Å². The first-order valence-electron chi connectivity index (χ1n) is 10.9. The molecule has 0 amide bonds. The Morgan fingerprint density at radius 2 is 1.88 bits per heavy atom. The lowest BCUT2D eigenvalue weighted by Crippen LogP contribution is -2.52. The van der Waals surface area contributed by atoms with Crippen LogP contribution in [0.5, 0.6) is 11.5 Å². The number of aliphatic imine (C=N–C) groups is 1. The monoisotopic (exact) mass is 576 g/mol. The molecule has 8 nitrogen and oxygen atoms in total. The maximum Gasteiger partial charge on any atom is 0.387 e. The predicted molar refractivity (Wildman–Crippen MR) is 135 cm³/mol. The van der Waals surface area contributed by atoms with Crippen LogP contribution in [0.3, 0.4) is 0 Å². The van der Waals surface area contributed by atoms with Crippen LogP contribution in [-0.4, -0.2) is 66.8 Å². The van der Waals surface area contributed by atoms with Gasteiger partial charge in [-0.1, -0.05) is 6.92 Å². The van der Waals surface area contributed by atoms with Gasteiger partial charge in [0.2, 0.25) is 5.95 Å². The Labute approximate surface area is 210 Å². The van der Waals surface area contributed by atoms with Gasteiger partial charge in [-0.05, 0) is 31.5 Å². The molecule has 0 aliphatic carbocycles. The van der Waals surface area contributed by atoms with Crippen molar-refractivity contribution in [1.29, 1.82) is 0 Å². The number of ether oxygens (including phenoxy) is 2. The summed E-state index contributed by atoms with van der Waals surface area (Å²) < 4.78 is 36.1. The fraction of sp³-hybridized carbons (Fsp3) is 0.500. The van der Waals surface area contributed by atoms with Crippen LogP contribution in [0.15, 0.2) is 41.7 Å². The van der Waals surface area contributed by atoms with E-state index in [2.05, 4.69) is 30.1 Å². The molecule has 1 aliphatic heterocycles. The van der Waals surface area contributed by atoms with Gasteiger partial charge in [0.15, 0.2) is 5.96 Å². The van der Waals surface area contributed by atoms with Crippen molar-refractivity contribution in [2.24, 2.45) is 4.99 Å². The standard InChI is InChI=1S/C22H30F2N6O2.HI/c1-3-14-31-18-7-6-17(19(15-18)32-20(23)24)16-28-21(25-4-2)29-10-12-30(13-11-29)22-26-8-5-9-27-22;/h5-9,15,20H,3-4,10-14,16H2,1-2H3,(H,25,28);1H. The minimum atomic E-state index is -2.92. The summed E-state index contributed by atoms with van der Waals surface area (Å²) in [6.07, 6.45) is 4.29. The van der Waals surface area contributed by atoms with E-state index in [1.165, 1.54) is 6.07 Å². The number of rotatable bonds is 9. The molecular formula is C22H31F2IN6O2. The largest absolute Gasteiger partial charge is 0.493 e. The number of aromatic nitrogens is 2. The van der Waals surface area contributed by atoms with Crippen LogP contribution in [0, 0.1) is 0 Å². The quantitative estimate of drug-likeness (QED) is 0.277. The highest BCUT2D eigenvalue weighted by atomic mass is 127. The zero-order valence-corrected chi connectivity index (χ0v) is 21.2. The first kappa shape index (κ1) is 26.8. The molecule has 0 radical (unpaired) electrons. The van der Waals surface area contributed by atoms with Crippen molar-refractivity contribution >= 4 is 35.9 Å². The highest BCUT2D eigenvalue weighted by Crippen LogP contribution is 2.27. The van der Waals surface area contributed by atoms with E-state index < -0.39 is 6.61 Å². The number of alkyl halides is 2. The molecule has 0 saturated carbocycles. The summed E-state index contributed by atoms with van der Waals surface area (Å²) in [5.41, 5.74) is 0.570. The van der Waals surface area contributed by atoms with Crippen molar-refractivity contribution in [1.82, 2.24) is 20.2 Å². The van der Waals surface area contributed by atoms with Crippen molar-refractivity contribution in [3.05, 3.63) is 42.2 Å². The summed E-state index contributed by atoms with van der Waals surface area (Å²) in [5, 5.41) is 3.29. The minimum Gasteiger partial charge on any atom is -0.493 e. The zero-order chi connectivity index (χ0) is 22.8. The van der Waals surface area contributed by atoms with Gasteiger partial charge in [0, 0.05) is 56.7 Å². The normalized spacial score (nSPS) is 14.2. The fourth-order valence-corrected chi connectivity index (χ4v) is 3.34. The molecule has 1 saturated heterocycles. The third-order valence-corrected chi connectivity index (χ3v) is 4.88. The Hall–Kier alpha value is -2.44. The average Bonchev–Trinajstić information content (AvgIpc) is 2.81. The lowest BCUT2D eigenvalue weighted by molar-refractivity contribution is -0.0505. The van der Waals surface area contributed by atoms with Crippen LogP contribution >= 0.6 is 24.0 Å². The average molecular weight is 576 g/mol. The molecule has 1 aromatic carbocycles. The van der Waals surface area contributed by atoms with Gasteiger partial charge in [0.25, 0.3) is 0 Å². The van der Waals surface area contributed by atoms with E-state index in [0.717, 1.165) is 38.6 Å². The smallest absolute Gasteiger partial charge is 0.387 e. The molecule has 1 aromatic heterocycles. The van der Waals surface area contributed by atoms with Gasteiger partial charge in [-0.25, -0.2) is 15.0 Å². The molecule has 0 spiro atoms. The second-order valence-electron chi connectivity index (χ2n) is 7.19. The van der Waals surface area contributed by atoms with E-state index in [1.807, 2.05) is 13.8 Å². The van der Waals surface area contributed by atoms with Gasteiger partial charge in [-0.2, -0.15) is 8.78 Å². The number of hydrogen-bond acceptors (Lipinski definition) is 6. The Morgan fingerprint density at radius 1 is 1.15 bits per heavy atom. The number of anilines is 1. The first-order chi connectivity index (χ1) is 15.6. The first-order valence-corrected chi connectivity index (χ1v) is 10.9. The molecule has 0 unspecified atom stereocenters. The van der Waals surface area contributed by atoms with Crippen molar-refractivity contribution in [2.75, 3.05) is 44.2 Å². The number of nitrogens with zero attached hydrogens (tertiary/aromatic N) is 5. The Balaban J connectivity index is 0.00000385. The van der Waals surface area contributed by atoms with Crippen LogP contribution in [0.25, 0.3) is 0 Å². The maximum absolute atomic E-state index is 12.9. The summed E-state index contributed by atoms with van der Waals surface area (Å²) >= 11 is 0. The molecule has 3 rings (SSSR count).